The van der Waals surface area contributed by atoms with Gasteiger partial charge in [0.25, 0.3) is 10.1 Å². The van der Waals surface area contributed by atoms with Gasteiger partial charge in [-0.25, -0.2) is 0 Å². The molecule has 19 heavy (non-hydrogen) atoms. The Labute approximate surface area is 114 Å². The lowest BCUT2D eigenvalue weighted by Crippen LogP contribution is -2.10. The second kappa shape index (κ2) is 9.03. The minimum Gasteiger partial charge on any atom is -0.379 e. The van der Waals surface area contributed by atoms with Gasteiger partial charge in [-0.1, -0.05) is 30.3 Å². The van der Waals surface area contributed by atoms with Gasteiger partial charge in [0.05, 0.1) is 26.1 Å². The molecule has 0 fully saturated rings. The highest BCUT2D eigenvalue weighted by atomic mass is 32.2. The van der Waals surface area contributed by atoms with Gasteiger partial charge in [-0.15, -0.1) is 0 Å². The van der Waals surface area contributed by atoms with Crippen LogP contribution in [0.5, 0.6) is 0 Å². The van der Waals surface area contributed by atoms with Crippen LogP contribution in [0.15, 0.2) is 30.3 Å². The van der Waals surface area contributed by atoms with E-state index >= 15 is 0 Å². The normalized spacial score (nSPS) is 11.6. The summed E-state index contributed by atoms with van der Waals surface area (Å²) < 4.78 is 36.5. The first-order valence-corrected chi connectivity index (χ1v) is 7.93. The standard InChI is InChI=1S/C13H20O5S/c1-19(14,15)18-11-10-16-8-5-9-17-12-13-6-3-2-4-7-13/h2-4,6-7H,5,8-12H2,1H3. The zero-order chi connectivity index (χ0) is 14.0. The highest BCUT2D eigenvalue weighted by Gasteiger charge is 2.00. The minimum absolute atomic E-state index is 0.0592. The van der Waals surface area contributed by atoms with Gasteiger partial charge in [0.1, 0.15) is 0 Å². The molecule has 0 N–H and O–H groups in total. The van der Waals surface area contributed by atoms with Crippen LogP contribution in [0.3, 0.4) is 0 Å². The van der Waals surface area contributed by atoms with Crippen molar-refractivity contribution in [2.45, 2.75) is 13.0 Å². The Kier molecular flexibility index (Phi) is 7.66. The molecule has 0 heterocycles. The lowest BCUT2D eigenvalue weighted by molar-refractivity contribution is 0.0642. The number of hydrogen-bond acceptors (Lipinski definition) is 5. The van der Waals surface area contributed by atoms with Crippen LogP contribution in [0, 0.1) is 0 Å². The summed E-state index contributed by atoms with van der Waals surface area (Å²) in [6.45, 7) is 2.07. The van der Waals surface area contributed by atoms with Gasteiger partial charge >= 0.3 is 0 Å². The number of benzene rings is 1. The van der Waals surface area contributed by atoms with E-state index in [-0.39, 0.29) is 13.2 Å². The molecular formula is C13H20O5S. The molecule has 0 aromatic heterocycles. The van der Waals surface area contributed by atoms with Crippen molar-refractivity contribution in [1.29, 1.82) is 0 Å². The van der Waals surface area contributed by atoms with E-state index in [1.165, 1.54) is 0 Å². The van der Waals surface area contributed by atoms with Crippen LogP contribution in [0.25, 0.3) is 0 Å². The summed E-state index contributed by atoms with van der Waals surface area (Å²) >= 11 is 0. The lowest BCUT2D eigenvalue weighted by atomic mass is 10.2. The molecule has 0 unspecified atom stereocenters. The zero-order valence-corrected chi connectivity index (χ0v) is 11.9. The first kappa shape index (κ1) is 16.1. The van der Waals surface area contributed by atoms with E-state index in [9.17, 15) is 8.42 Å². The summed E-state index contributed by atoms with van der Waals surface area (Å²) in [6, 6.07) is 9.95. The van der Waals surface area contributed by atoms with Gasteiger partial charge in [-0.3, -0.25) is 4.18 Å². The lowest BCUT2D eigenvalue weighted by Gasteiger charge is -2.05. The topological polar surface area (TPSA) is 61.8 Å². The Morgan fingerprint density at radius 3 is 2.32 bits per heavy atom. The van der Waals surface area contributed by atoms with Crippen LogP contribution >= 0.6 is 0 Å². The first-order chi connectivity index (χ1) is 9.08. The molecule has 1 rings (SSSR count). The van der Waals surface area contributed by atoms with E-state index in [1.807, 2.05) is 30.3 Å². The molecule has 0 bridgehead atoms. The molecular weight excluding hydrogens is 268 g/mol. The number of ether oxygens (including phenoxy) is 2. The maximum Gasteiger partial charge on any atom is 0.264 e. The highest BCUT2D eigenvalue weighted by Crippen LogP contribution is 2.00. The Morgan fingerprint density at radius 2 is 1.63 bits per heavy atom. The molecule has 0 aliphatic heterocycles. The molecule has 0 aliphatic rings. The van der Waals surface area contributed by atoms with E-state index in [2.05, 4.69) is 4.18 Å². The van der Waals surface area contributed by atoms with Crippen molar-refractivity contribution in [2.24, 2.45) is 0 Å². The molecule has 108 valence electrons. The SMILES string of the molecule is CS(=O)(=O)OCCOCCCOCc1ccccc1. The molecule has 0 amide bonds. The molecule has 0 aliphatic carbocycles. The summed E-state index contributed by atoms with van der Waals surface area (Å²) in [6.07, 6.45) is 1.79. The van der Waals surface area contributed by atoms with Crippen LogP contribution in [-0.4, -0.2) is 41.1 Å². The van der Waals surface area contributed by atoms with E-state index in [0.29, 0.717) is 19.8 Å². The average Bonchev–Trinajstić information content (AvgIpc) is 2.37. The molecule has 5 nitrogen and oxygen atoms in total. The second-order valence-corrected chi connectivity index (χ2v) is 5.67. The van der Waals surface area contributed by atoms with Crippen molar-refractivity contribution in [1.82, 2.24) is 0 Å². The Morgan fingerprint density at radius 1 is 0.947 bits per heavy atom. The molecule has 1 aromatic carbocycles. The molecule has 0 radical (unpaired) electrons. The third-order valence-corrected chi connectivity index (χ3v) is 2.81. The van der Waals surface area contributed by atoms with Crippen molar-refractivity contribution in [3.05, 3.63) is 35.9 Å². The third kappa shape index (κ3) is 9.61. The van der Waals surface area contributed by atoms with Crippen molar-refractivity contribution < 1.29 is 22.1 Å². The van der Waals surface area contributed by atoms with E-state index in [1.54, 1.807) is 0 Å². The van der Waals surface area contributed by atoms with Crippen LogP contribution in [0.2, 0.25) is 0 Å². The van der Waals surface area contributed by atoms with Gasteiger partial charge < -0.3 is 9.47 Å². The van der Waals surface area contributed by atoms with Crippen LogP contribution in [0.1, 0.15) is 12.0 Å². The summed E-state index contributed by atoms with van der Waals surface area (Å²) in [7, 11) is -3.36. The van der Waals surface area contributed by atoms with E-state index in [4.69, 9.17) is 9.47 Å². The third-order valence-electron chi connectivity index (χ3n) is 2.21. The predicted octanol–water partition coefficient (Wildman–Crippen LogP) is 1.59. The quantitative estimate of drug-likeness (QED) is 0.483. The maximum absolute atomic E-state index is 10.6. The zero-order valence-electron chi connectivity index (χ0n) is 11.1. The fraction of sp³-hybridized carbons (Fsp3) is 0.538. The smallest absolute Gasteiger partial charge is 0.264 e. The number of hydrogen-bond donors (Lipinski definition) is 0. The summed E-state index contributed by atoms with van der Waals surface area (Å²) in [5.74, 6) is 0. The van der Waals surface area contributed by atoms with Crippen molar-refractivity contribution in [2.75, 3.05) is 32.7 Å². The van der Waals surface area contributed by atoms with Gasteiger partial charge in [-0.05, 0) is 12.0 Å². The fourth-order valence-electron chi connectivity index (χ4n) is 1.37. The van der Waals surface area contributed by atoms with Crippen LogP contribution < -0.4 is 0 Å². The summed E-state index contributed by atoms with van der Waals surface area (Å²) in [5.41, 5.74) is 1.14. The summed E-state index contributed by atoms with van der Waals surface area (Å²) in [4.78, 5) is 0. The Bertz CT molecular complexity index is 430. The largest absolute Gasteiger partial charge is 0.379 e. The monoisotopic (exact) mass is 288 g/mol. The number of rotatable bonds is 10. The molecule has 0 saturated carbocycles. The molecule has 6 heteroatoms. The minimum atomic E-state index is -3.36. The molecule has 1 aromatic rings. The Balaban J connectivity index is 1.89. The van der Waals surface area contributed by atoms with Gasteiger partial charge in [0, 0.05) is 13.2 Å². The van der Waals surface area contributed by atoms with Crippen LogP contribution in [0.4, 0.5) is 0 Å². The van der Waals surface area contributed by atoms with E-state index < -0.39 is 10.1 Å². The molecule has 0 spiro atoms. The molecule has 0 atom stereocenters. The maximum atomic E-state index is 10.6. The first-order valence-electron chi connectivity index (χ1n) is 6.12. The fourth-order valence-corrected chi connectivity index (χ4v) is 1.74. The molecule has 0 saturated heterocycles. The van der Waals surface area contributed by atoms with Gasteiger partial charge in [-0.2, -0.15) is 8.42 Å². The van der Waals surface area contributed by atoms with Gasteiger partial charge in [0.2, 0.25) is 0 Å². The predicted molar refractivity (Wildman–Crippen MR) is 72.3 cm³/mol. The Hall–Kier alpha value is -0.950. The van der Waals surface area contributed by atoms with Crippen molar-refractivity contribution in [3.63, 3.8) is 0 Å². The van der Waals surface area contributed by atoms with Crippen molar-refractivity contribution in [3.8, 4) is 0 Å². The van der Waals surface area contributed by atoms with Crippen molar-refractivity contribution >= 4 is 10.1 Å². The second-order valence-electron chi connectivity index (χ2n) is 4.03. The summed E-state index contributed by atoms with van der Waals surface area (Å²) in [5, 5.41) is 0. The van der Waals surface area contributed by atoms with Gasteiger partial charge in [0.15, 0.2) is 0 Å². The average molecular weight is 288 g/mol. The highest BCUT2D eigenvalue weighted by molar-refractivity contribution is 7.85. The van der Waals surface area contributed by atoms with Crippen LogP contribution in [-0.2, 0) is 30.4 Å². The van der Waals surface area contributed by atoms with E-state index in [0.717, 1.165) is 18.2 Å².